The Hall–Kier alpha value is -4.86. The molecule has 2 amide bonds. The lowest BCUT2D eigenvalue weighted by atomic mass is 9.98. The van der Waals surface area contributed by atoms with Crippen molar-refractivity contribution in [3.8, 4) is 0 Å². The molecule has 1 fully saturated rings. The fourth-order valence-electron chi connectivity index (χ4n) is 6.28. The van der Waals surface area contributed by atoms with E-state index in [9.17, 15) is 33.9 Å². The minimum absolute atomic E-state index is 0.210. The number of para-hydroxylation sites is 1. The van der Waals surface area contributed by atoms with Crippen molar-refractivity contribution >= 4 is 46.9 Å². The van der Waals surface area contributed by atoms with Crippen LogP contribution in [0.25, 0.3) is 0 Å². The molecule has 2 aromatic carbocycles. The highest BCUT2D eigenvalue weighted by molar-refractivity contribution is 6.11. The lowest BCUT2D eigenvalue weighted by molar-refractivity contribution is -0.153. The van der Waals surface area contributed by atoms with Crippen molar-refractivity contribution < 1.29 is 38.6 Å². The Balaban J connectivity index is 1.18. The van der Waals surface area contributed by atoms with Crippen LogP contribution in [0.2, 0.25) is 0 Å². The lowest BCUT2D eigenvalue weighted by Gasteiger charge is -2.10. The molecule has 0 saturated carbocycles. The van der Waals surface area contributed by atoms with Crippen LogP contribution in [0.4, 0.5) is 11.4 Å². The Morgan fingerprint density at radius 2 is 1.30 bits per heavy atom. The molecule has 1 heterocycles. The number of cyclic esters (lactones) is 2. The Labute approximate surface area is 313 Å². The molecule has 2 atom stereocenters. The summed E-state index contributed by atoms with van der Waals surface area (Å²) in [6.07, 6.45) is 25.3. The van der Waals surface area contributed by atoms with Crippen LogP contribution in [0, 0.1) is 11.8 Å². The topological polar surface area (TPSA) is 156 Å². The van der Waals surface area contributed by atoms with Gasteiger partial charge in [0.05, 0.1) is 24.7 Å². The van der Waals surface area contributed by atoms with E-state index in [1.54, 1.807) is 48.5 Å². The van der Waals surface area contributed by atoms with E-state index in [1.165, 1.54) is 76.4 Å². The molecule has 0 aromatic heterocycles. The summed E-state index contributed by atoms with van der Waals surface area (Å²) in [4.78, 5) is 71.9. The van der Waals surface area contributed by atoms with Crippen LogP contribution in [0.1, 0.15) is 132 Å². The van der Waals surface area contributed by atoms with Crippen molar-refractivity contribution in [2.75, 3.05) is 10.6 Å². The lowest BCUT2D eigenvalue weighted by Crippen LogP contribution is -2.21. The van der Waals surface area contributed by atoms with Gasteiger partial charge in [0.1, 0.15) is 0 Å². The molecule has 1 saturated heterocycles. The van der Waals surface area contributed by atoms with E-state index in [0.717, 1.165) is 38.5 Å². The minimum atomic E-state index is -1.10. The van der Waals surface area contributed by atoms with Gasteiger partial charge >= 0.3 is 17.9 Å². The first-order chi connectivity index (χ1) is 25.7. The molecule has 0 aliphatic carbocycles. The van der Waals surface area contributed by atoms with E-state index < -0.39 is 29.5 Å². The number of carbonyl (C=O) groups excluding carboxylic acids is 5. The zero-order valence-electron chi connectivity index (χ0n) is 30.9. The summed E-state index contributed by atoms with van der Waals surface area (Å²) in [6.45, 7) is 0. The van der Waals surface area contributed by atoms with Gasteiger partial charge in [0.15, 0.2) is 5.78 Å². The number of carboxylic acids is 1. The van der Waals surface area contributed by atoms with E-state index in [2.05, 4.69) is 15.4 Å². The monoisotopic (exact) mass is 728 g/mol. The molecule has 10 nitrogen and oxygen atoms in total. The molecule has 286 valence electrons. The van der Waals surface area contributed by atoms with Crippen LogP contribution < -0.4 is 10.6 Å². The molecule has 0 spiro atoms. The number of ketones is 1. The molecule has 1 aliphatic rings. The van der Waals surface area contributed by atoms with Crippen molar-refractivity contribution in [1.29, 1.82) is 0 Å². The third kappa shape index (κ3) is 18.5. The number of carbonyl (C=O) groups is 6. The second kappa shape index (κ2) is 25.2. The molecule has 3 rings (SSSR count). The van der Waals surface area contributed by atoms with Crippen LogP contribution >= 0.6 is 0 Å². The molecule has 3 N–H and O–H groups in total. The van der Waals surface area contributed by atoms with Gasteiger partial charge < -0.3 is 20.5 Å². The SMILES string of the molecule is O=C(CC(=O)c1cccc(NC(=O)C[C@H](/C=C/C=C\CCCCCCCCCCCCCCCC[C@@H]2CC(=O)OC2=O)C(=O)O)c1)Nc1ccccc1. The summed E-state index contributed by atoms with van der Waals surface area (Å²) in [5, 5.41) is 15.0. The molecular weight excluding hydrogens is 672 g/mol. The third-order valence-corrected chi connectivity index (χ3v) is 9.29. The average Bonchev–Trinajstić information content (AvgIpc) is 3.46. The molecule has 0 bridgehead atoms. The Morgan fingerprint density at radius 1 is 0.717 bits per heavy atom. The maximum absolute atomic E-state index is 12.7. The smallest absolute Gasteiger partial charge is 0.317 e. The number of hydrogen-bond acceptors (Lipinski definition) is 7. The van der Waals surface area contributed by atoms with Gasteiger partial charge in [-0.3, -0.25) is 28.8 Å². The van der Waals surface area contributed by atoms with Crippen LogP contribution in [-0.2, 0) is 28.7 Å². The van der Waals surface area contributed by atoms with Gasteiger partial charge in [-0.15, -0.1) is 0 Å². The Kier molecular flexibility index (Phi) is 20.2. The van der Waals surface area contributed by atoms with Gasteiger partial charge in [-0.25, -0.2) is 0 Å². The molecular formula is C43H56N2O8. The van der Waals surface area contributed by atoms with Gasteiger partial charge in [-0.05, 0) is 43.5 Å². The van der Waals surface area contributed by atoms with Crippen LogP contribution in [0.3, 0.4) is 0 Å². The first kappa shape index (κ1) is 42.6. The fraction of sp³-hybridized carbons (Fsp3) is 0.488. The fourth-order valence-corrected chi connectivity index (χ4v) is 6.28. The van der Waals surface area contributed by atoms with E-state index in [0.29, 0.717) is 11.4 Å². The van der Waals surface area contributed by atoms with Crippen molar-refractivity contribution in [2.45, 2.75) is 122 Å². The van der Waals surface area contributed by atoms with Gasteiger partial charge in [0.2, 0.25) is 11.8 Å². The number of rotatable bonds is 27. The predicted molar refractivity (Wildman–Crippen MR) is 206 cm³/mol. The zero-order chi connectivity index (χ0) is 38.1. The number of benzene rings is 2. The number of amides is 2. The largest absolute Gasteiger partial charge is 0.481 e. The Morgan fingerprint density at radius 3 is 1.91 bits per heavy atom. The first-order valence-corrected chi connectivity index (χ1v) is 19.3. The zero-order valence-corrected chi connectivity index (χ0v) is 30.9. The molecule has 2 aromatic rings. The number of esters is 2. The highest BCUT2D eigenvalue weighted by Gasteiger charge is 2.32. The van der Waals surface area contributed by atoms with E-state index >= 15 is 0 Å². The quantitative estimate of drug-likeness (QED) is 0.0270. The number of ether oxygens (including phenoxy) is 1. The van der Waals surface area contributed by atoms with Crippen molar-refractivity contribution in [3.05, 3.63) is 84.5 Å². The van der Waals surface area contributed by atoms with Gasteiger partial charge in [0, 0.05) is 23.4 Å². The standard InChI is InChI=1S/C43H56N2O8/c46-38(32-40(48)44-36-26-20-17-21-27-36)33-25-22-28-37(29-33)45-39(47)30-34(42(50)51)23-18-15-13-11-9-7-5-3-1-2-4-6-8-10-12-14-16-19-24-35-31-41(49)53-43(35)52/h13,15,17-18,20-23,25-29,34-35H,1-12,14,16,19,24,30-32H2,(H,44,48)(H,45,47)(H,50,51)/b15-13-,23-18+/t34-,35+/m0/s1. The van der Waals surface area contributed by atoms with E-state index in [1.807, 2.05) is 18.2 Å². The second-order valence-electron chi connectivity index (χ2n) is 13.8. The number of nitrogens with one attached hydrogen (secondary N) is 2. The molecule has 0 unspecified atom stereocenters. The number of allylic oxidation sites excluding steroid dienone is 3. The number of unbranched alkanes of at least 4 members (excludes halogenated alkanes) is 14. The Bertz CT molecular complexity index is 1530. The predicted octanol–water partition coefficient (Wildman–Crippen LogP) is 9.37. The summed E-state index contributed by atoms with van der Waals surface area (Å²) < 4.78 is 4.60. The molecule has 0 radical (unpaired) electrons. The third-order valence-electron chi connectivity index (χ3n) is 9.29. The molecule has 53 heavy (non-hydrogen) atoms. The summed E-state index contributed by atoms with van der Waals surface area (Å²) in [6, 6.07) is 15.1. The number of Topliss-reactive ketones (excluding diaryl/α,β-unsaturated/α-hetero) is 1. The summed E-state index contributed by atoms with van der Waals surface area (Å²) >= 11 is 0. The van der Waals surface area contributed by atoms with Gasteiger partial charge in [0.25, 0.3) is 0 Å². The normalized spacial score (nSPS) is 14.8. The average molecular weight is 729 g/mol. The maximum Gasteiger partial charge on any atom is 0.317 e. The number of aliphatic carboxylic acids is 1. The summed E-state index contributed by atoms with van der Waals surface area (Å²) in [5.41, 5.74) is 1.20. The van der Waals surface area contributed by atoms with Crippen LogP contribution in [0.5, 0.6) is 0 Å². The van der Waals surface area contributed by atoms with Crippen molar-refractivity contribution in [2.24, 2.45) is 11.8 Å². The molecule has 10 heteroatoms. The van der Waals surface area contributed by atoms with Crippen LogP contribution in [0.15, 0.2) is 78.9 Å². The summed E-state index contributed by atoms with van der Waals surface area (Å²) in [7, 11) is 0. The van der Waals surface area contributed by atoms with Crippen molar-refractivity contribution in [1.82, 2.24) is 0 Å². The number of hydrogen-bond donors (Lipinski definition) is 3. The number of anilines is 2. The van der Waals surface area contributed by atoms with Gasteiger partial charge in [-0.1, -0.05) is 138 Å². The van der Waals surface area contributed by atoms with E-state index in [-0.39, 0.29) is 42.7 Å². The minimum Gasteiger partial charge on any atom is -0.481 e. The highest BCUT2D eigenvalue weighted by atomic mass is 16.6. The second-order valence-corrected chi connectivity index (χ2v) is 13.8. The van der Waals surface area contributed by atoms with E-state index in [4.69, 9.17) is 0 Å². The van der Waals surface area contributed by atoms with Crippen molar-refractivity contribution in [3.63, 3.8) is 0 Å². The van der Waals surface area contributed by atoms with Crippen LogP contribution in [-0.4, -0.2) is 40.6 Å². The summed E-state index contributed by atoms with van der Waals surface area (Å²) in [5.74, 6) is -4.37. The highest BCUT2D eigenvalue weighted by Crippen LogP contribution is 2.23. The molecule has 1 aliphatic heterocycles. The van der Waals surface area contributed by atoms with Gasteiger partial charge in [-0.2, -0.15) is 0 Å². The maximum atomic E-state index is 12.7. The number of carboxylic acid groups (broad SMARTS) is 1. The first-order valence-electron chi connectivity index (χ1n) is 19.3.